The van der Waals surface area contributed by atoms with E-state index in [4.69, 9.17) is 21.1 Å². The highest BCUT2D eigenvalue weighted by atomic mass is 35.5. The fraction of sp³-hybridized carbons (Fsp3) is 0.316. The Morgan fingerprint density at radius 2 is 2.04 bits per heavy atom. The van der Waals surface area contributed by atoms with Crippen LogP contribution < -0.4 is 14.8 Å². The van der Waals surface area contributed by atoms with Gasteiger partial charge in [-0.25, -0.2) is 4.98 Å². The van der Waals surface area contributed by atoms with Gasteiger partial charge < -0.3 is 19.8 Å². The predicted octanol–water partition coefficient (Wildman–Crippen LogP) is 3.96. The number of rotatable bonds is 8. The third-order valence-electron chi connectivity index (χ3n) is 3.92. The summed E-state index contributed by atoms with van der Waals surface area (Å²) in [5.74, 6) is 2.34. The lowest BCUT2D eigenvalue weighted by atomic mass is 10.2. The first-order valence-electron chi connectivity index (χ1n) is 8.34. The lowest BCUT2D eigenvalue weighted by Gasteiger charge is -2.13. The van der Waals surface area contributed by atoms with Gasteiger partial charge in [0.2, 0.25) is 0 Å². The van der Waals surface area contributed by atoms with Gasteiger partial charge in [0, 0.05) is 30.6 Å². The first kappa shape index (κ1) is 17.6. The molecule has 3 aromatic rings. The maximum Gasteiger partial charge on any atom is 0.162 e. The Bertz CT molecular complexity index is 815. The van der Waals surface area contributed by atoms with Crippen molar-refractivity contribution in [2.75, 3.05) is 20.3 Å². The molecule has 0 unspecified atom stereocenters. The van der Waals surface area contributed by atoms with E-state index in [2.05, 4.69) is 15.3 Å². The van der Waals surface area contributed by atoms with Gasteiger partial charge in [-0.1, -0.05) is 23.7 Å². The van der Waals surface area contributed by atoms with Crippen molar-refractivity contribution in [1.29, 1.82) is 0 Å². The van der Waals surface area contributed by atoms with Crippen molar-refractivity contribution in [2.24, 2.45) is 0 Å². The molecule has 0 bridgehead atoms. The summed E-state index contributed by atoms with van der Waals surface area (Å²) in [5, 5.41) is 4.06. The molecule has 25 heavy (non-hydrogen) atoms. The first-order chi connectivity index (χ1) is 12.2. The van der Waals surface area contributed by atoms with E-state index < -0.39 is 0 Å². The Morgan fingerprint density at radius 1 is 1.20 bits per heavy atom. The van der Waals surface area contributed by atoms with Crippen molar-refractivity contribution in [3.63, 3.8) is 0 Å². The van der Waals surface area contributed by atoms with E-state index in [-0.39, 0.29) is 0 Å². The Labute approximate surface area is 152 Å². The molecule has 0 saturated heterocycles. The highest BCUT2D eigenvalue weighted by Crippen LogP contribution is 2.33. The zero-order valence-corrected chi connectivity index (χ0v) is 15.2. The molecule has 0 aliphatic rings. The molecule has 2 aromatic carbocycles. The molecule has 3 rings (SSSR count). The largest absolute Gasteiger partial charge is 0.493 e. The number of H-pyrrole nitrogens is 1. The van der Waals surface area contributed by atoms with Crippen molar-refractivity contribution >= 4 is 22.6 Å². The standard InChI is InChI=1S/C19H22ClN3O2/c1-3-25-18-10-13(14(20)11-17(18)24-2)12-21-9-8-19-22-15-6-4-5-7-16(15)23-19/h4-7,10-11,21H,3,8-9,12H2,1-2H3,(H,22,23). The third-order valence-corrected chi connectivity index (χ3v) is 4.28. The summed E-state index contributed by atoms with van der Waals surface area (Å²) < 4.78 is 10.9. The quantitative estimate of drug-likeness (QED) is 0.598. The molecule has 0 aliphatic heterocycles. The van der Waals surface area contributed by atoms with E-state index >= 15 is 0 Å². The maximum absolute atomic E-state index is 6.34. The summed E-state index contributed by atoms with van der Waals surface area (Å²) in [6, 6.07) is 11.8. The van der Waals surface area contributed by atoms with E-state index in [0.29, 0.717) is 29.7 Å². The van der Waals surface area contributed by atoms with E-state index in [9.17, 15) is 0 Å². The molecule has 2 N–H and O–H groups in total. The minimum absolute atomic E-state index is 0.580. The molecule has 0 radical (unpaired) electrons. The van der Waals surface area contributed by atoms with Gasteiger partial charge >= 0.3 is 0 Å². The summed E-state index contributed by atoms with van der Waals surface area (Å²) in [5.41, 5.74) is 3.05. The number of halogens is 1. The topological polar surface area (TPSA) is 59.2 Å². The number of benzene rings is 2. The Morgan fingerprint density at radius 3 is 2.80 bits per heavy atom. The second-order valence-electron chi connectivity index (χ2n) is 5.65. The zero-order valence-electron chi connectivity index (χ0n) is 14.4. The highest BCUT2D eigenvalue weighted by Gasteiger charge is 2.10. The molecule has 0 atom stereocenters. The average molecular weight is 360 g/mol. The van der Waals surface area contributed by atoms with Crippen LogP contribution in [0.3, 0.4) is 0 Å². The molecule has 132 valence electrons. The molecular weight excluding hydrogens is 338 g/mol. The number of methoxy groups -OCH3 is 1. The van der Waals surface area contributed by atoms with Crippen LogP contribution >= 0.6 is 11.6 Å². The number of ether oxygens (including phenoxy) is 2. The Balaban J connectivity index is 1.58. The zero-order chi connectivity index (χ0) is 17.6. The van der Waals surface area contributed by atoms with Crippen molar-refractivity contribution in [2.45, 2.75) is 19.9 Å². The lowest BCUT2D eigenvalue weighted by molar-refractivity contribution is 0.310. The van der Waals surface area contributed by atoms with Crippen LogP contribution in [0.25, 0.3) is 11.0 Å². The number of aromatic nitrogens is 2. The van der Waals surface area contributed by atoms with Crippen molar-refractivity contribution in [3.8, 4) is 11.5 Å². The minimum atomic E-state index is 0.580. The molecule has 1 aromatic heterocycles. The molecular formula is C19H22ClN3O2. The summed E-state index contributed by atoms with van der Waals surface area (Å²) in [6.45, 7) is 3.98. The van der Waals surface area contributed by atoms with E-state index in [1.807, 2.05) is 37.3 Å². The number of hydrogen-bond acceptors (Lipinski definition) is 4. The number of fused-ring (bicyclic) bond motifs is 1. The van der Waals surface area contributed by atoms with Crippen LogP contribution in [0.5, 0.6) is 11.5 Å². The predicted molar refractivity (Wildman–Crippen MR) is 101 cm³/mol. The van der Waals surface area contributed by atoms with Crippen LogP contribution in [0.15, 0.2) is 36.4 Å². The van der Waals surface area contributed by atoms with Crippen LogP contribution in [-0.2, 0) is 13.0 Å². The summed E-state index contributed by atoms with van der Waals surface area (Å²) in [4.78, 5) is 7.91. The number of nitrogens with zero attached hydrogens (tertiary/aromatic N) is 1. The van der Waals surface area contributed by atoms with Crippen molar-refractivity contribution in [1.82, 2.24) is 15.3 Å². The van der Waals surface area contributed by atoms with Crippen LogP contribution in [0.2, 0.25) is 5.02 Å². The highest BCUT2D eigenvalue weighted by molar-refractivity contribution is 6.31. The van der Waals surface area contributed by atoms with E-state index in [1.165, 1.54) is 0 Å². The monoisotopic (exact) mass is 359 g/mol. The number of nitrogens with one attached hydrogen (secondary N) is 2. The molecule has 0 fully saturated rings. The molecule has 0 amide bonds. The van der Waals surface area contributed by atoms with Gasteiger partial charge in [0.25, 0.3) is 0 Å². The van der Waals surface area contributed by atoms with E-state index in [0.717, 1.165) is 35.4 Å². The number of hydrogen-bond donors (Lipinski definition) is 2. The Kier molecular flexibility index (Phi) is 5.79. The summed E-state index contributed by atoms with van der Waals surface area (Å²) >= 11 is 6.34. The maximum atomic E-state index is 6.34. The number of para-hydroxylation sites is 2. The van der Waals surface area contributed by atoms with Gasteiger partial charge in [-0.2, -0.15) is 0 Å². The van der Waals surface area contributed by atoms with E-state index in [1.54, 1.807) is 13.2 Å². The van der Waals surface area contributed by atoms with Gasteiger partial charge in [-0.3, -0.25) is 0 Å². The summed E-state index contributed by atoms with van der Waals surface area (Å²) in [7, 11) is 1.61. The number of imidazole rings is 1. The molecule has 0 aliphatic carbocycles. The first-order valence-corrected chi connectivity index (χ1v) is 8.72. The fourth-order valence-corrected chi connectivity index (χ4v) is 2.91. The van der Waals surface area contributed by atoms with Crippen LogP contribution in [0, 0.1) is 0 Å². The van der Waals surface area contributed by atoms with Crippen LogP contribution in [0.4, 0.5) is 0 Å². The third kappa shape index (κ3) is 4.24. The molecule has 5 nitrogen and oxygen atoms in total. The molecule has 1 heterocycles. The normalized spacial score (nSPS) is 11.0. The van der Waals surface area contributed by atoms with Crippen LogP contribution in [-0.4, -0.2) is 30.2 Å². The second kappa shape index (κ2) is 8.23. The van der Waals surface area contributed by atoms with Crippen molar-refractivity contribution in [3.05, 3.63) is 52.8 Å². The second-order valence-corrected chi connectivity index (χ2v) is 6.06. The smallest absolute Gasteiger partial charge is 0.162 e. The molecule has 6 heteroatoms. The summed E-state index contributed by atoms with van der Waals surface area (Å²) in [6.07, 6.45) is 0.820. The lowest BCUT2D eigenvalue weighted by Crippen LogP contribution is -2.17. The van der Waals surface area contributed by atoms with Gasteiger partial charge in [0.05, 0.1) is 24.8 Å². The average Bonchev–Trinajstić information content (AvgIpc) is 3.03. The van der Waals surface area contributed by atoms with Crippen LogP contribution in [0.1, 0.15) is 18.3 Å². The minimum Gasteiger partial charge on any atom is -0.493 e. The van der Waals surface area contributed by atoms with Gasteiger partial charge in [0.15, 0.2) is 11.5 Å². The SMILES string of the molecule is CCOc1cc(CNCCc2nc3ccccc3[nH]2)c(Cl)cc1OC. The molecule has 0 saturated carbocycles. The Hall–Kier alpha value is -2.24. The van der Waals surface area contributed by atoms with Gasteiger partial charge in [-0.15, -0.1) is 0 Å². The van der Waals surface area contributed by atoms with Gasteiger partial charge in [0.1, 0.15) is 5.82 Å². The van der Waals surface area contributed by atoms with Gasteiger partial charge in [-0.05, 0) is 30.7 Å². The van der Waals surface area contributed by atoms with Crippen molar-refractivity contribution < 1.29 is 9.47 Å². The number of aromatic amines is 1. The molecule has 0 spiro atoms. The fourth-order valence-electron chi connectivity index (χ4n) is 2.69.